The molecule has 134 valence electrons. The van der Waals surface area contributed by atoms with Crippen LogP contribution in [0, 0.1) is 0 Å². The highest BCUT2D eigenvalue weighted by molar-refractivity contribution is 7.92. The fourth-order valence-electron chi connectivity index (χ4n) is 3.27. The number of sulfonamides is 1. The van der Waals surface area contributed by atoms with Gasteiger partial charge in [-0.2, -0.15) is 0 Å². The first-order valence-corrected chi connectivity index (χ1v) is 10.4. The maximum absolute atomic E-state index is 12.7. The van der Waals surface area contributed by atoms with E-state index in [2.05, 4.69) is 28.5 Å². The standard InChI is InChI=1S/C19H25N3O2S/c1-3-22(4-2)19-12-10-17(14-20-19)21-25(23,24)18-11-9-15-7-5-6-8-16(15)13-18/h9-14,21H,3-8H2,1-2H3. The summed E-state index contributed by atoms with van der Waals surface area (Å²) in [7, 11) is -3.59. The quantitative estimate of drug-likeness (QED) is 0.856. The summed E-state index contributed by atoms with van der Waals surface area (Å²) in [5.74, 6) is 0.849. The van der Waals surface area contributed by atoms with Crippen LogP contribution in [0.25, 0.3) is 0 Å². The van der Waals surface area contributed by atoms with Gasteiger partial charge in [0, 0.05) is 13.1 Å². The summed E-state index contributed by atoms with van der Waals surface area (Å²) < 4.78 is 28.0. The van der Waals surface area contributed by atoms with Gasteiger partial charge >= 0.3 is 0 Å². The van der Waals surface area contributed by atoms with Gasteiger partial charge in [0.2, 0.25) is 0 Å². The zero-order valence-corrected chi connectivity index (χ0v) is 15.6. The van der Waals surface area contributed by atoms with E-state index in [9.17, 15) is 8.42 Å². The zero-order chi connectivity index (χ0) is 17.9. The Labute approximate surface area is 150 Å². The molecule has 0 radical (unpaired) electrons. The van der Waals surface area contributed by atoms with Crippen molar-refractivity contribution in [3.05, 3.63) is 47.7 Å². The van der Waals surface area contributed by atoms with E-state index in [1.807, 2.05) is 18.2 Å². The molecule has 0 aliphatic heterocycles. The number of aryl methyl sites for hydroxylation is 2. The number of hydrogen-bond acceptors (Lipinski definition) is 4. The van der Waals surface area contributed by atoms with E-state index in [-0.39, 0.29) is 0 Å². The first-order chi connectivity index (χ1) is 12.0. The molecule has 1 aliphatic rings. The number of benzene rings is 1. The predicted molar refractivity (Wildman–Crippen MR) is 102 cm³/mol. The fourth-order valence-corrected chi connectivity index (χ4v) is 4.37. The van der Waals surface area contributed by atoms with E-state index in [0.717, 1.165) is 43.7 Å². The highest BCUT2D eigenvalue weighted by atomic mass is 32.2. The van der Waals surface area contributed by atoms with Gasteiger partial charge in [0.15, 0.2) is 0 Å². The molecule has 0 saturated carbocycles. The third-order valence-electron chi connectivity index (χ3n) is 4.72. The minimum atomic E-state index is -3.59. The number of hydrogen-bond donors (Lipinski definition) is 1. The van der Waals surface area contributed by atoms with Crippen molar-refractivity contribution in [2.45, 2.75) is 44.4 Å². The summed E-state index contributed by atoms with van der Waals surface area (Å²) in [4.78, 5) is 6.80. The Kier molecular flexibility index (Phi) is 5.27. The van der Waals surface area contributed by atoms with Crippen LogP contribution in [0.4, 0.5) is 11.5 Å². The van der Waals surface area contributed by atoms with Crippen molar-refractivity contribution in [3.8, 4) is 0 Å². The average molecular weight is 359 g/mol. The van der Waals surface area contributed by atoms with E-state index in [0.29, 0.717) is 10.6 Å². The molecule has 1 aromatic carbocycles. The van der Waals surface area contributed by atoms with Crippen molar-refractivity contribution in [1.29, 1.82) is 0 Å². The van der Waals surface area contributed by atoms with Gasteiger partial charge in [-0.05, 0) is 74.9 Å². The second-order valence-electron chi connectivity index (χ2n) is 6.32. The topological polar surface area (TPSA) is 62.3 Å². The van der Waals surface area contributed by atoms with Crippen LogP contribution in [0.3, 0.4) is 0 Å². The van der Waals surface area contributed by atoms with Crippen molar-refractivity contribution in [3.63, 3.8) is 0 Å². The molecular weight excluding hydrogens is 334 g/mol. The summed E-state index contributed by atoms with van der Waals surface area (Å²) in [5.41, 5.74) is 2.91. The maximum Gasteiger partial charge on any atom is 0.261 e. The van der Waals surface area contributed by atoms with Gasteiger partial charge in [-0.3, -0.25) is 4.72 Å². The summed E-state index contributed by atoms with van der Waals surface area (Å²) in [5, 5.41) is 0. The molecule has 5 nitrogen and oxygen atoms in total. The lowest BCUT2D eigenvalue weighted by Gasteiger charge is -2.20. The minimum Gasteiger partial charge on any atom is -0.357 e. The van der Waals surface area contributed by atoms with Crippen LogP contribution in [-0.4, -0.2) is 26.5 Å². The van der Waals surface area contributed by atoms with Gasteiger partial charge in [0.1, 0.15) is 5.82 Å². The van der Waals surface area contributed by atoms with Crippen LogP contribution < -0.4 is 9.62 Å². The Balaban J connectivity index is 1.79. The SMILES string of the molecule is CCN(CC)c1ccc(NS(=O)(=O)c2ccc3c(c2)CCCC3)cn1. The van der Waals surface area contributed by atoms with Gasteiger partial charge in [0.05, 0.1) is 16.8 Å². The molecule has 0 spiro atoms. The molecule has 0 atom stereocenters. The van der Waals surface area contributed by atoms with Gasteiger partial charge in [-0.1, -0.05) is 6.07 Å². The Morgan fingerprint density at radius 2 is 1.76 bits per heavy atom. The molecule has 1 heterocycles. The fraction of sp³-hybridized carbons (Fsp3) is 0.421. The van der Waals surface area contributed by atoms with Gasteiger partial charge in [-0.25, -0.2) is 13.4 Å². The van der Waals surface area contributed by atoms with Gasteiger partial charge < -0.3 is 4.90 Å². The third kappa shape index (κ3) is 3.95. The van der Waals surface area contributed by atoms with Gasteiger partial charge in [-0.15, -0.1) is 0 Å². The van der Waals surface area contributed by atoms with Crippen molar-refractivity contribution >= 4 is 21.5 Å². The number of nitrogens with one attached hydrogen (secondary N) is 1. The normalized spacial score (nSPS) is 14.0. The molecule has 1 aromatic heterocycles. The lowest BCUT2D eigenvalue weighted by molar-refractivity contribution is 0.600. The van der Waals surface area contributed by atoms with Crippen LogP contribution in [0.1, 0.15) is 37.8 Å². The van der Waals surface area contributed by atoms with E-state index in [4.69, 9.17) is 0 Å². The van der Waals surface area contributed by atoms with Gasteiger partial charge in [0.25, 0.3) is 10.0 Å². The minimum absolute atomic E-state index is 0.320. The van der Waals surface area contributed by atoms with Crippen molar-refractivity contribution in [2.24, 2.45) is 0 Å². The Morgan fingerprint density at radius 3 is 2.40 bits per heavy atom. The molecule has 0 saturated heterocycles. The van der Waals surface area contributed by atoms with Crippen LogP contribution in [0.2, 0.25) is 0 Å². The number of aromatic nitrogens is 1. The van der Waals surface area contributed by atoms with Crippen LogP contribution in [0.5, 0.6) is 0 Å². The van der Waals surface area contributed by atoms with E-state index >= 15 is 0 Å². The maximum atomic E-state index is 12.7. The highest BCUT2D eigenvalue weighted by Gasteiger charge is 2.18. The Hall–Kier alpha value is -2.08. The summed E-state index contributed by atoms with van der Waals surface area (Å²) in [6, 6.07) is 9.07. The monoisotopic (exact) mass is 359 g/mol. The molecule has 1 aliphatic carbocycles. The number of anilines is 2. The highest BCUT2D eigenvalue weighted by Crippen LogP contribution is 2.25. The molecule has 6 heteroatoms. The third-order valence-corrected chi connectivity index (χ3v) is 6.10. The molecular formula is C19H25N3O2S. The summed E-state index contributed by atoms with van der Waals surface area (Å²) >= 11 is 0. The number of nitrogens with zero attached hydrogens (tertiary/aromatic N) is 2. The summed E-state index contributed by atoms with van der Waals surface area (Å²) in [6.45, 7) is 5.86. The smallest absolute Gasteiger partial charge is 0.261 e. The molecule has 0 unspecified atom stereocenters. The lowest BCUT2D eigenvalue weighted by Crippen LogP contribution is -2.23. The van der Waals surface area contributed by atoms with E-state index in [1.54, 1.807) is 18.3 Å². The van der Waals surface area contributed by atoms with E-state index in [1.165, 1.54) is 12.0 Å². The second kappa shape index (κ2) is 7.44. The Morgan fingerprint density at radius 1 is 1.04 bits per heavy atom. The largest absolute Gasteiger partial charge is 0.357 e. The first kappa shape index (κ1) is 17.7. The number of fused-ring (bicyclic) bond motifs is 1. The average Bonchev–Trinajstić information content (AvgIpc) is 2.63. The molecule has 0 fully saturated rings. The van der Waals surface area contributed by atoms with E-state index < -0.39 is 10.0 Å². The van der Waals surface area contributed by atoms with Crippen LogP contribution in [0.15, 0.2) is 41.4 Å². The number of rotatable bonds is 6. The van der Waals surface area contributed by atoms with Crippen LogP contribution in [-0.2, 0) is 22.9 Å². The zero-order valence-electron chi connectivity index (χ0n) is 14.8. The first-order valence-electron chi connectivity index (χ1n) is 8.89. The van der Waals surface area contributed by atoms with Crippen molar-refractivity contribution < 1.29 is 8.42 Å². The predicted octanol–water partition coefficient (Wildman–Crippen LogP) is 3.61. The van der Waals surface area contributed by atoms with Crippen LogP contribution >= 0.6 is 0 Å². The lowest BCUT2D eigenvalue weighted by atomic mass is 9.92. The molecule has 3 rings (SSSR count). The number of pyridine rings is 1. The Bertz CT molecular complexity index is 828. The van der Waals surface area contributed by atoms with Crippen molar-refractivity contribution in [2.75, 3.05) is 22.7 Å². The van der Waals surface area contributed by atoms with Crippen molar-refractivity contribution in [1.82, 2.24) is 4.98 Å². The molecule has 2 aromatic rings. The molecule has 1 N–H and O–H groups in total. The molecule has 0 bridgehead atoms. The second-order valence-corrected chi connectivity index (χ2v) is 8.00. The molecule has 25 heavy (non-hydrogen) atoms. The molecule has 0 amide bonds. The summed E-state index contributed by atoms with van der Waals surface area (Å²) in [6.07, 6.45) is 5.88.